The zero-order valence-electron chi connectivity index (χ0n) is 16.6. The number of halogens is 2. The third-order valence-electron chi connectivity index (χ3n) is 3.82. The van der Waals surface area contributed by atoms with Gasteiger partial charge in [-0.05, 0) is 25.1 Å². The lowest BCUT2D eigenvalue weighted by atomic mass is 10.2. The second-order valence-electron chi connectivity index (χ2n) is 5.90. The first-order valence-electron chi connectivity index (χ1n) is 9.37. The van der Waals surface area contributed by atoms with Gasteiger partial charge < -0.3 is 29.3 Å². The average Bonchev–Trinajstić information content (AvgIpc) is 3.21. The van der Waals surface area contributed by atoms with Crippen molar-refractivity contribution in [3.05, 3.63) is 47.9 Å². The highest BCUT2D eigenvalue weighted by Crippen LogP contribution is 2.33. The number of furan rings is 1. The molecule has 1 aromatic heterocycles. The minimum absolute atomic E-state index is 0.0000675. The Hall–Kier alpha value is -2.81. The van der Waals surface area contributed by atoms with Crippen LogP contribution in [0.1, 0.15) is 18.2 Å². The predicted molar refractivity (Wildman–Crippen MR) is 106 cm³/mol. The van der Waals surface area contributed by atoms with Crippen LogP contribution in [0, 0.1) is 0 Å². The quantitative estimate of drug-likeness (QED) is 0.317. The van der Waals surface area contributed by atoms with Crippen molar-refractivity contribution in [3.63, 3.8) is 0 Å². The van der Waals surface area contributed by atoms with Crippen LogP contribution in [0.5, 0.6) is 11.5 Å². The highest BCUT2D eigenvalue weighted by Gasteiger charge is 2.15. The van der Waals surface area contributed by atoms with Gasteiger partial charge in [-0.2, -0.15) is 8.78 Å². The number of rotatable bonds is 12. The Bertz CT molecular complexity index is 739. The monoisotopic (exact) mass is 411 g/mol. The fraction of sp³-hybridized carbons (Fsp3) is 0.450. The number of guanidine groups is 1. The largest absolute Gasteiger partial charge is 0.490 e. The van der Waals surface area contributed by atoms with E-state index < -0.39 is 6.61 Å². The maximum atomic E-state index is 12.9. The number of hydrogen-bond donors (Lipinski definition) is 2. The third kappa shape index (κ3) is 7.98. The second kappa shape index (κ2) is 12.6. The van der Waals surface area contributed by atoms with E-state index in [0.29, 0.717) is 44.2 Å². The summed E-state index contributed by atoms with van der Waals surface area (Å²) in [6.45, 7) is 0.922. The fourth-order valence-electron chi connectivity index (χ4n) is 2.55. The number of nitrogens with zero attached hydrogens (tertiary/aromatic N) is 1. The summed E-state index contributed by atoms with van der Waals surface area (Å²) >= 11 is 0. The van der Waals surface area contributed by atoms with E-state index in [0.717, 1.165) is 5.76 Å². The normalized spacial score (nSPS) is 11.6. The van der Waals surface area contributed by atoms with E-state index in [2.05, 4.69) is 20.4 Å². The van der Waals surface area contributed by atoms with Gasteiger partial charge >= 0.3 is 6.61 Å². The number of alkyl halides is 2. The van der Waals surface area contributed by atoms with Crippen molar-refractivity contribution < 1.29 is 27.4 Å². The van der Waals surface area contributed by atoms with E-state index >= 15 is 0 Å². The van der Waals surface area contributed by atoms with Gasteiger partial charge in [0.1, 0.15) is 5.76 Å². The van der Waals surface area contributed by atoms with Crippen LogP contribution in [-0.4, -0.2) is 46.0 Å². The first kappa shape index (κ1) is 22.5. The molecule has 2 aromatic rings. The Balaban J connectivity index is 2.09. The van der Waals surface area contributed by atoms with Gasteiger partial charge in [0.2, 0.25) is 0 Å². The van der Waals surface area contributed by atoms with E-state index in [4.69, 9.17) is 13.9 Å². The summed E-state index contributed by atoms with van der Waals surface area (Å²) in [7, 11) is 1.61. The number of nitrogens with one attached hydrogen (secondary N) is 2. The van der Waals surface area contributed by atoms with E-state index in [1.165, 1.54) is 0 Å². The van der Waals surface area contributed by atoms with Gasteiger partial charge in [0, 0.05) is 32.2 Å². The molecule has 0 aliphatic heterocycles. The van der Waals surface area contributed by atoms with Crippen LogP contribution < -0.4 is 20.1 Å². The van der Waals surface area contributed by atoms with Gasteiger partial charge in [-0.25, -0.2) is 4.99 Å². The lowest BCUT2D eigenvalue weighted by Crippen LogP contribution is -2.40. The molecule has 1 aromatic carbocycles. The maximum Gasteiger partial charge on any atom is 0.387 e. The van der Waals surface area contributed by atoms with Crippen LogP contribution in [0.2, 0.25) is 0 Å². The molecule has 0 saturated carbocycles. The molecule has 9 heteroatoms. The molecule has 0 radical (unpaired) electrons. The maximum absolute atomic E-state index is 12.9. The van der Waals surface area contributed by atoms with E-state index in [9.17, 15) is 8.78 Å². The van der Waals surface area contributed by atoms with Crippen LogP contribution in [0.4, 0.5) is 8.78 Å². The topological polar surface area (TPSA) is 77.2 Å². The summed E-state index contributed by atoms with van der Waals surface area (Å²) in [6.07, 6.45) is 2.30. The van der Waals surface area contributed by atoms with Crippen LogP contribution >= 0.6 is 0 Å². The Morgan fingerprint density at radius 2 is 2.00 bits per heavy atom. The molecule has 29 heavy (non-hydrogen) atoms. The van der Waals surface area contributed by atoms with Crippen molar-refractivity contribution in [1.82, 2.24) is 10.6 Å². The summed E-state index contributed by atoms with van der Waals surface area (Å²) in [5, 5.41) is 6.32. The molecule has 2 N–H and O–H groups in total. The van der Waals surface area contributed by atoms with Gasteiger partial charge in [-0.1, -0.05) is 12.1 Å². The molecule has 0 unspecified atom stereocenters. The van der Waals surface area contributed by atoms with Gasteiger partial charge in [-0.3, -0.25) is 0 Å². The lowest BCUT2D eigenvalue weighted by molar-refractivity contribution is -0.0520. The molecule has 0 aliphatic rings. The minimum atomic E-state index is -2.95. The van der Waals surface area contributed by atoms with Crippen LogP contribution in [-0.2, 0) is 17.7 Å². The Labute approximate surface area is 169 Å². The Morgan fingerprint density at radius 3 is 2.69 bits per heavy atom. The Kier molecular flexibility index (Phi) is 9.77. The molecule has 0 amide bonds. The van der Waals surface area contributed by atoms with Crippen LogP contribution in [0.3, 0.4) is 0 Å². The molecule has 0 atom stereocenters. The number of methoxy groups -OCH3 is 1. The number of ether oxygens (including phenoxy) is 3. The number of benzene rings is 1. The van der Waals surface area contributed by atoms with E-state index in [-0.39, 0.29) is 18.0 Å². The summed E-state index contributed by atoms with van der Waals surface area (Å²) in [6, 6.07) is 8.71. The van der Waals surface area contributed by atoms with Crippen molar-refractivity contribution in [1.29, 1.82) is 0 Å². The van der Waals surface area contributed by atoms with Crippen molar-refractivity contribution in [2.75, 3.05) is 33.4 Å². The van der Waals surface area contributed by atoms with Gasteiger partial charge in [-0.15, -0.1) is 0 Å². The van der Waals surface area contributed by atoms with Crippen LogP contribution in [0.25, 0.3) is 0 Å². The molecular weight excluding hydrogens is 384 g/mol. The van der Waals surface area contributed by atoms with Crippen molar-refractivity contribution in [3.8, 4) is 11.5 Å². The predicted octanol–water partition coefficient (Wildman–Crippen LogP) is 3.20. The molecule has 7 nitrogen and oxygen atoms in total. The zero-order chi connectivity index (χ0) is 20.9. The number of aliphatic imine (C=N–C) groups is 1. The molecule has 0 aliphatic carbocycles. The average molecular weight is 411 g/mol. The summed E-state index contributed by atoms with van der Waals surface area (Å²) in [5.74, 6) is 1.64. The first-order valence-corrected chi connectivity index (χ1v) is 9.37. The van der Waals surface area contributed by atoms with Gasteiger partial charge in [0.15, 0.2) is 17.5 Å². The fourth-order valence-corrected chi connectivity index (χ4v) is 2.55. The molecule has 1 heterocycles. The summed E-state index contributed by atoms with van der Waals surface area (Å²) in [4.78, 5) is 4.48. The van der Waals surface area contributed by atoms with Crippen molar-refractivity contribution in [2.24, 2.45) is 4.99 Å². The SMILES string of the molecule is CCOc1cccc(CN=C(NCCOC)NCCc2ccco2)c1OC(F)F. The highest BCUT2D eigenvalue weighted by molar-refractivity contribution is 5.79. The smallest absolute Gasteiger partial charge is 0.387 e. The molecule has 2 rings (SSSR count). The van der Waals surface area contributed by atoms with Crippen molar-refractivity contribution >= 4 is 5.96 Å². The number of hydrogen-bond acceptors (Lipinski definition) is 5. The second-order valence-corrected chi connectivity index (χ2v) is 5.90. The highest BCUT2D eigenvalue weighted by atomic mass is 19.3. The van der Waals surface area contributed by atoms with Crippen LogP contribution in [0.15, 0.2) is 46.0 Å². The van der Waals surface area contributed by atoms with E-state index in [1.54, 1.807) is 38.5 Å². The standard InChI is InChI=1S/C20H27F2N3O4/c1-3-27-17-8-4-6-15(18(17)29-19(21)22)14-25-20(24-11-13-26-2)23-10-9-16-7-5-12-28-16/h4-8,12,19H,3,9-11,13-14H2,1-2H3,(H2,23,24,25). The van der Waals surface area contributed by atoms with Gasteiger partial charge in [0.25, 0.3) is 0 Å². The molecular formula is C20H27F2N3O4. The number of para-hydroxylation sites is 1. The molecule has 0 saturated heterocycles. The van der Waals surface area contributed by atoms with Crippen molar-refractivity contribution in [2.45, 2.75) is 26.5 Å². The lowest BCUT2D eigenvalue weighted by Gasteiger charge is -2.15. The molecule has 0 spiro atoms. The Morgan fingerprint density at radius 1 is 1.17 bits per heavy atom. The first-order chi connectivity index (χ1) is 14.1. The zero-order valence-corrected chi connectivity index (χ0v) is 16.6. The molecule has 0 fully saturated rings. The minimum Gasteiger partial charge on any atom is -0.490 e. The van der Waals surface area contributed by atoms with Gasteiger partial charge in [0.05, 0.1) is 26.0 Å². The summed E-state index contributed by atoms with van der Waals surface area (Å²) in [5.41, 5.74) is 0.495. The summed E-state index contributed by atoms with van der Waals surface area (Å²) < 4.78 is 46.2. The molecule has 0 bridgehead atoms. The molecule has 160 valence electrons. The van der Waals surface area contributed by atoms with E-state index in [1.807, 2.05) is 12.1 Å². The third-order valence-corrected chi connectivity index (χ3v) is 3.82.